The summed E-state index contributed by atoms with van der Waals surface area (Å²) in [5.74, 6) is -0.160. The number of rotatable bonds is 5. The number of morpholine rings is 1. The van der Waals surface area contributed by atoms with Crippen molar-refractivity contribution in [2.75, 3.05) is 50.9 Å². The summed E-state index contributed by atoms with van der Waals surface area (Å²) in [4.78, 5) is 39.3. The summed E-state index contributed by atoms with van der Waals surface area (Å²) in [6.07, 6.45) is 1.07. The number of nitro benzene ring substituents is 1. The Morgan fingerprint density at radius 3 is 2.48 bits per heavy atom. The van der Waals surface area contributed by atoms with E-state index in [9.17, 15) is 19.7 Å². The van der Waals surface area contributed by atoms with Crippen LogP contribution in [-0.4, -0.2) is 67.7 Å². The zero-order valence-corrected chi connectivity index (χ0v) is 16.8. The third-order valence-electron chi connectivity index (χ3n) is 5.31. The van der Waals surface area contributed by atoms with Gasteiger partial charge in [0.2, 0.25) is 0 Å². The van der Waals surface area contributed by atoms with Crippen LogP contribution in [0.15, 0.2) is 18.2 Å². The molecule has 2 saturated heterocycles. The molecule has 0 saturated carbocycles. The molecule has 2 aliphatic heterocycles. The molecule has 2 atom stereocenters. The highest BCUT2D eigenvalue weighted by Crippen LogP contribution is 2.30. The van der Waals surface area contributed by atoms with Crippen LogP contribution in [0.1, 0.15) is 30.6 Å². The first kappa shape index (κ1) is 21.0. The van der Waals surface area contributed by atoms with Crippen molar-refractivity contribution >= 4 is 23.3 Å². The minimum Gasteiger partial charge on any atom is -0.452 e. The topological polar surface area (TPSA) is 102 Å². The molecule has 2 aliphatic rings. The standard InChI is InChI=1S/C20H27N3O6/c1-14-9-15(2)12-22(11-14)19(24)13-29-20(25)16-3-4-17(18(10-16)23(26)27)21-5-7-28-8-6-21/h3-4,10,14-15H,5-9,11-13H2,1-2H3/t14-,15+. The van der Waals surface area contributed by atoms with Gasteiger partial charge in [-0.05, 0) is 30.4 Å². The molecule has 3 rings (SSSR count). The fourth-order valence-electron chi connectivity index (χ4n) is 4.04. The summed E-state index contributed by atoms with van der Waals surface area (Å²) in [6, 6.07) is 4.26. The molecule has 0 N–H and O–H groups in total. The van der Waals surface area contributed by atoms with Gasteiger partial charge in [0, 0.05) is 32.2 Å². The number of amides is 1. The second kappa shape index (κ2) is 9.21. The zero-order chi connectivity index (χ0) is 21.0. The molecule has 29 heavy (non-hydrogen) atoms. The van der Waals surface area contributed by atoms with Gasteiger partial charge in [0.25, 0.3) is 11.6 Å². The third kappa shape index (κ3) is 5.23. The van der Waals surface area contributed by atoms with E-state index < -0.39 is 10.9 Å². The number of carbonyl (C=O) groups excluding carboxylic acids is 2. The zero-order valence-electron chi connectivity index (χ0n) is 16.8. The summed E-state index contributed by atoms with van der Waals surface area (Å²) < 4.78 is 10.4. The molecular weight excluding hydrogens is 378 g/mol. The van der Waals surface area contributed by atoms with Crippen LogP contribution in [0.5, 0.6) is 0 Å². The third-order valence-corrected chi connectivity index (χ3v) is 5.31. The van der Waals surface area contributed by atoms with E-state index in [-0.39, 0.29) is 23.8 Å². The number of hydrogen-bond donors (Lipinski definition) is 0. The second-order valence-electron chi connectivity index (χ2n) is 7.88. The first-order valence-electron chi connectivity index (χ1n) is 9.91. The average Bonchev–Trinajstić information content (AvgIpc) is 2.71. The molecule has 158 valence electrons. The van der Waals surface area contributed by atoms with Gasteiger partial charge in [0.1, 0.15) is 5.69 Å². The van der Waals surface area contributed by atoms with Crippen molar-refractivity contribution in [1.82, 2.24) is 4.90 Å². The van der Waals surface area contributed by atoms with Crippen LogP contribution in [0.2, 0.25) is 0 Å². The Morgan fingerprint density at radius 1 is 1.21 bits per heavy atom. The average molecular weight is 405 g/mol. The Hall–Kier alpha value is -2.68. The molecule has 0 spiro atoms. The lowest BCUT2D eigenvalue weighted by molar-refractivity contribution is -0.384. The van der Waals surface area contributed by atoms with E-state index in [1.807, 2.05) is 4.90 Å². The van der Waals surface area contributed by atoms with Crippen LogP contribution < -0.4 is 4.90 Å². The molecule has 0 aliphatic carbocycles. The number of piperidine rings is 1. The minimum atomic E-state index is -0.743. The van der Waals surface area contributed by atoms with Gasteiger partial charge >= 0.3 is 5.97 Å². The van der Waals surface area contributed by atoms with E-state index in [0.29, 0.717) is 56.9 Å². The fourth-order valence-corrected chi connectivity index (χ4v) is 4.04. The van der Waals surface area contributed by atoms with E-state index in [0.717, 1.165) is 6.42 Å². The quantitative estimate of drug-likeness (QED) is 0.420. The van der Waals surface area contributed by atoms with Crippen molar-refractivity contribution in [2.24, 2.45) is 11.8 Å². The van der Waals surface area contributed by atoms with Crippen molar-refractivity contribution in [1.29, 1.82) is 0 Å². The molecule has 2 fully saturated rings. The smallest absolute Gasteiger partial charge is 0.338 e. The lowest BCUT2D eigenvalue weighted by atomic mass is 9.92. The van der Waals surface area contributed by atoms with Gasteiger partial charge in [-0.2, -0.15) is 0 Å². The van der Waals surface area contributed by atoms with Gasteiger partial charge in [-0.1, -0.05) is 13.8 Å². The molecule has 0 unspecified atom stereocenters. The van der Waals surface area contributed by atoms with E-state index >= 15 is 0 Å². The van der Waals surface area contributed by atoms with Crippen LogP contribution in [-0.2, 0) is 14.3 Å². The predicted octanol–water partition coefficient (Wildman–Crippen LogP) is 2.09. The van der Waals surface area contributed by atoms with Crippen molar-refractivity contribution in [3.8, 4) is 0 Å². The maximum Gasteiger partial charge on any atom is 0.338 e. The SMILES string of the molecule is C[C@@H]1C[C@H](C)CN(C(=O)COC(=O)c2ccc(N3CCOCC3)c([N+](=O)[O-])c2)C1. The van der Waals surface area contributed by atoms with Crippen LogP contribution >= 0.6 is 0 Å². The summed E-state index contributed by atoms with van der Waals surface area (Å²) in [5, 5.41) is 11.5. The summed E-state index contributed by atoms with van der Waals surface area (Å²) >= 11 is 0. The fraction of sp³-hybridized carbons (Fsp3) is 0.600. The number of nitro groups is 1. The van der Waals surface area contributed by atoms with Gasteiger partial charge in [0.05, 0.1) is 23.7 Å². The van der Waals surface area contributed by atoms with E-state index in [1.165, 1.54) is 12.1 Å². The number of carbonyl (C=O) groups is 2. The lowest BCUT2D eigenvalue weighted by Crippen LogP contribution is -2.44. The predicted molar refractivity (Wildman–Crippen MR) is 106 cm³/mol. The van der Waals surface area contributed by atoms with E-state index in [1.54, 1.807) is 11.0 Å². The van der Waals surface area contributed by atoms with E-state index in [4.69, 9.17) is 9.47 Å². The Balaban J connectivity index is 1.65. The van der Waals surface area contributed by atoms with Gasteiger partial charge < -0.3 is 19.3 Å². The Labute approximate surface area is 169 Å². The maximum absolute atomic E-state index is 12.4. The van der Waals surface area contributed by atoms with Gasteiger partial charge in [-0.3, -0.25) is 14.9 Å². The monoisotopic (exact) mass is 405 g/mol. The van der Waals surface area contributed by atoms with Crippen LogP contribution in [0, 0.1) is 22.0 Å². The number of hydrogen-bond acceptors (Lipinski definition) is 7. The van der Waals surface area contributed by atoms with Gasteiger partial charge in [0.15, 0.2) is 6.61 Å². The lowest BCUT2D eigenvalue weighted by Gasteiger charge is -2.34. The first-order chi connectivity index (χ1) is 13.8. The largest absolute Gasteiger partial charge is 0.452 e. The highest BCUT2D eigenvalue weighted by Gasteiger charge is 2.27. The number of esters is 1. The molecular formula is C20H27N3O6. The van der Waals surface area contributed by atoms with Crippen molar-refractivity contribution in [3.63, 3.8) is 0 Å². The van der Waals surface area contributed by atoms with Gasteiger partial charge in [-0.25, -0.2) is 4.79 Å². The van der Waals surface area contributed by atoms with Gasteiger partial charge in [-0.15, -0.1) is 0 Å². The maximum atomic E-state index is 12.4. The summed E-state index contributed by atoms with van der Waals surface area (Å²) in [6.45, 7) is 7.22. The molecule has 1 aromatic carbocycles. The molecule has 1 amide bonds. The molecule has 2 heterocycles. The van der Waals surface area contributed by atoms with E-state index in [2.05, 4.69) is 13.8 Å². The highest BCUT2D eigenvalue weighted by molar-refractivity contribution is 5.93. The number of anilines is 1. The molecule has 0 radical (unpaired) electrons. The molecule has 0 bridgehead atoms. The number of likely N-dealkylation sites (tertiary alicyclic amines) is 1. The Bertz CT molecular complexity index is 767. The van der Waals surface area contributed by atoms with Crippen LogP contribution in [0.4, 0.5) is 11.4 Å². The van der Waals surface area contributed by atoms with Crippen LogP contribution in [0.3, 0.4) is 0 Å². The van der Waals surface area contributed by atoms with Crippen molar-refractivity contribution < 1.29 is 24.0 Å². The Morgan fingerprint density at radius 2 is 1.86 bits per heavy atom. The number of nitrogens with zero attached hydrogens (tertiary/aromatic N) is 3. The van der Waals surface area contributed by atoms with Crippen molar-refractivity contribution in [2.45, 2.75) is 20.3 Å². The van der Waals surface area contributed by atoms with Crippen molar-refractivity contribution in [3.05, 3.63) is 33.9 Å². The molecule has 9 nitrogen and oxygen atoms in total. The normalized spacial score (nSPS) is 22.3. The molecule has 9 heteroatoms. The number of benzene rings is 1. The Kier molecular flexibility index (Phi) is 6.68. The second-order valence-corrected chi connectivity index (χ2v) is 7.88. The molecule has 1 aromatic rings. The summed E-state index contributed by atoms with van der Waals surface area (Å²) in [5.41, 5.74) is 0.343. The summed E-state index contributed by atoms with van der Waals surface area (Å²) in [7, 11) is 0. The highest BCUT2D eigenvalue weighted by atomic mass is 16.6. The first-order valence-corrected chi connectivity index (χ1v) is 9.91. The molecule has 0 aromatic heterocycles. The number of ether oxygens (including phenoxy) is 2. The van der Waals surface area contributed by atoms with Crippen LogP contribution in [0.25, 0.3) is 0 Å². The minimum absolute atomic E-state index is 0.0573.